The maximum atomic E-state index is 13.0. The second kappa shape index (κ2) is 6.29. The molecule has 0 aromatic carbocycles. The number of nitrogens with zero attached hydrogens (tertiary/aromatic N) is 3. The highest BCUT2D eigenvalue weighted by Crippen LogP contribution is 2.33. The summed E-state index contributed by atoms with van der Waals surface area (Å²) in [5.41, 5.74) is -0.151. The van der Waals surface area contributed by atoms with Crippen LogP contribution >= 0.6 is 0 Å². The summed E-state index contributed by atoms with van der Waals surface area (Å²) in [7, 11) is 1.20. The second-order valence-corrected chi connectivity index (χ2v) is 5.87. The van der Waals surface area contributed by atoms with E-state index in [0.29, 0.717) is 11.7 Å². The van der Waals surface area contributed by atoms with Gasteiger partial charge < -0.3 is 5.32 Å². The highest BCUT2D eigenvalue weighted by molar-refractivity contribution is 5.91. The number of alkyl halides is 3. The van der Waals surface area contributed by atoms with Gasteiger partial charge in [0, 0.05) is 30.3 Å². The first-order chi connectivity index (χ1) is 11.3. The summed E-state index contributed by atoms with van der Waals surface area (Å²) in [5, 5.41) is 13.0. The largest absolute Gasteiger partial charge is 0.433 e. The zero-order chi connectivity index (χ0) is 17.3. The van der Waals surface area contributed by atoms with Crippen molar-refractivity contribution in [2.24, 2.45) is 7.05 Å². The minimum atomic E-state index is -4.56. The van der Waals surface area contributed by atoms with E-state index in [1.165, 1.54) is 7.05 Å². The fourth-order valence-electron chi connectivity index (χ4n) is 2.99. The molecule has 1 fully saturated rings. The van der Waals surface area contributed by atoms with Crippen LogP contribution in [0.15, 0.2) is 12.3 Å². The number of carbonyl (C=O) groups is 1. The normalized spacial score (nSPS) is 15.8. The molecule has 0 unspecified atom stereocenters. The Morgan fingerprint density at radius 3 is 2.96 bits per heavy atom. The van der Waals surface area contributed by atoms with Crippen molar-refractivity contribution < 1.29 is 18.0 Å². The first kappa shape index (κ1) is 16.5. The number of halogens is 3. The third-order valence-corrected chi connectivity index (χ3v) is 4.11. The molecule has 0 aliphatic heterocycles. The van der Waals surface area contributed by atoms with Gasteiger partial charge in [-0.05, 0) is 25.7 Å². The molecule has 6 nitrogen and oxygen atoms in total. The topological polar surface area (TPSA) is 75.6 Å². The number of H-pyrrole nitrogens is 1. The average molecular weight is 340 g/mol. The van der Waals surface area contributed by atoms with E-state index in [9.17, 15) is 18.0 Å². The molecule has 129 valence electrons. The highest BCUT2D eigenvalue weighted by atomic mass is 19.4. The van der Waals surface area contributed by atoms with Gasteiger partial charge in [-0.2, -0.15) is 23.4 Å². The Hall–Kier alpha value is -2.32. The Balaban J connectivity index is 1.66. The zero-order valence-electron chi connectivity index (χ0n) is 13.0. The lowest BCUT2D eigenvalue weighted by atomic mass is 10.0. The van der Waals surface area contributed by atoms with Crippen LogP contribution in [-0.2, 0) is 24.4 Å². The summed E-state index contributed by atoms with van der Waals surface area (Å²) in [4.78, 5) is 12.0. The molecule has 24 heavy (non-hydrogen) atoms. The minimum absolute atomic E-state index is 0.163. The van der Waals surface area contributed by atoms with Gasteiger partial charge in [0.15, 0.2) is 5.82 Å². The molecule has 1 atom stereocenters. The number of hydrogen-bond donors (Lipinski definition) is 2. The van der Waals surface area contributed by atoms with E-state index >= 15 is 0 Å². The number of nitrogens with one attached hydrogen (secondary N) is 2. The number of carbonyl (C=O) groups excluding carboxylic acids is 1. The lowest BCUT2D eigenvalue weighted by Gasteiger charge is -2.09. The molecule has 2 aromatic rings. The smallest absolute Gasteiger partial charge is 0.309 e. The Morgan fingerprint density at radius 1 is 1.50 bits per heavy atom. The number of amides is 1. The van der Waals surface area contributed by atoms with Crippen LogP contribution in [0.4, 0.5) is 19.0 Å². The molecule has 1 radical (unpaired) electrons. The Morgan fingerprint density at radius 2 is 2.29 bits per heavy atom. The summed E-state index contributed by atoms with van der Waals surface area (Å²) in [6, 6.07) is 1.73. The van der Waals surface area contributed by atoms with Gasteiger partial charge >= 0.3 is 6.18 Å². The first-order valence-corrected chi connectivity index (χ1v) is 7.59. The van der Waals surface area contributed by atoms with Crippen LogP contribution in [0.2, 0.25) is 0 Å². The quantitative estimate of drug-likeness (QED) is 0.899. The number of anilines is 1. The van der Waals surface area contributed by atoms with Crippen LogP contribution in [-0.4, -0.2) is 25.9 Å². The second-order valence-electron chi connectivity index (χ2n) is 5.87. The summed E-state index contributed by atoms with van der Waals surface area (Å²) < 4.78 is 39.7. The van der Waals surface area contributed by atoms with E-state index in [1.807, 2.05) is 0 Å². The third-order valence-electron chi connectivity index (χ3n) is 4.11. The van der Waals surface area contributed by atoms with Gasteiger partial charge in [-0.3, -0.25) is 14.6 Å². The van der Waals surface area contributed by atoms with Crippen molar-refractivity contribution in [3.05, 3.63) is 35.6 Å². The number of rotatable bonds is 4. The summed E-state index contributed by atoms with van der Waals surface area (Å²) >= 11 is 0. The van der Waals surface area contributed by atoms with Crippen molar-refractivity contribution in [3.8, 4) is 0 Å². The fraction of sp³-hybridized carbons (Fsp3) is 0.467. The lowest BCUT2D eigenvalue weighted by Crippen LogP contribution is -2.19. The number of aromatic nitrogens is 4. The van der Waals surface area contributed by atoms with Crippen molar-refractivity contribution in [2.75, 3.05) is 5.32 Å². The van der Waals surface area contributed by atoms with E-state index in [4.69, 9.17) is 0 Å². The van der Waals surface area contributed by atoms with Crippen LogP contribution in [0.25, 0.3) is 0 Å². The first-order valence-electron chi connectivity index (χ1n) is 7.59. The van der Waals surface area contributed by atoms with Gasteiger partial charge in [-0.15, -0.1) is 0 Å². The molecule has 2 aromatic heterocycles. The predicted molar refractivity (Wildman–Crippen MR) is 80.0 cm³/mol. The number of aromatic amines is 1. The van der Waals surface area contributed by atoms with Gasteiger partial charge in [0.2, 0.25) is 5.91 Å². The average Bonchev–Trinajstić information content (AvgIpc) is 3.18. The van der Waals surface area contributed by atoms with Crippen LogP contribution < -0.4 is 5.32 Å². The van der Waals surface area contributed by atoms with Gasteiger partial charge in [-0.25, -0.2) is 0 Å². The minimum Gasteiger partial charge on any atom is -0.309 e. The zero-order valence-corrected chi connectivity index (χ0v) is 13.0. The number of aryl methyl sites for hydroxylation is 1. The standard InChI is InChI=1S/C15H17F3N5O/c1-23-14(15(16,17)18)10(8-19-23)6-13(24)20-12-7-11(21-22-12)9-4-2-3-5-9/h2,7-9H,3-6H2,1H3,(H2,20,21,22,24)/t9-/m0/s1. The molecule has 2 N–H and O–H groups in total. The molecule has 1 saturated carbocycles. The monoisotopic (exact) mass is 340 g/mol. The predicted octanol–water partition coefficient (Wildman–Crippen LogP) is 2.81. The van der Waals surface area contributed by atoms with Crippen molar-refractivity contribution in [1.29, 1.82) is 0 Å². The molecule has 0 bridgehead atoms. The Labute approximate surface area is 136 Å². The lowest BCUT2D eigenvalue weighted by molar-refractivity contribution is -0.144. The van der Waals surface area contributed by atoms with Crippen molar-refractivity contribution >= 4 is 11.7 Å². The van der Waals surface area contributed by atoms with Gasteiger partial charge in [-0.1, -0.05) is 0 Å². The fourth-order valence-corrected chi connectivity index (χ4v) is 2.99. The molecule has 0 spiro atoms. The molecule has 1 aliphatic carbocycles. The number of hydrogen-bond acceptors (Lipinski definition) is 3. The maximum Gasteiger partial charge on any atom is 0.433 e. The van der Waals surface area contributed by atoms with Gasteiger partial charge in [0.25, 0.3) is 0 Å². The third kappa shape index (κ3) is 3.44. The molecule has 1 aliphatic rings. The van der Waals surface area contributed by atoms with Crippen molar-refractivity contribution in [1.82, 2.24) is 20.0 Å². The molecule has 9 heteroatoms. The van der Waals surface area contributed by atoms with E-state index in [-0.39, 0.29) is 5.56 Å². The summed E-state index contributed by atoms with van der Waals surface area (Å²) in [5.74, 6) is 0.113. The summed E-state index contributed by atoms with van der Waals surface area (Å²) in [6.07, 6.45) is 1.33. The molecule has 0 saturated heterocycles. The molecular weight excluding hydrogens is 323 g/mol. The molecular formula is C15H17F3N5O. The van der Waals surface area contributed by atoms with Crippen LogP contribution in [0.3, 0.4) is 0 Å². The summed E-state index contributed by atoms with van der Waals surface area (Å²) in [6.45, 7) is 0. The highest BCUT2D eigenvalue weighted by Gasteiger charge is 2.37. The SMILES string of the molecule is Cn1ncc(CC(=O)Nc2cc([C@H]3C[CH]CC3)[nH]n2)c1C(F)(F)F. The van der Waals surface area contributed by atoms with Crippen LogP contribution in [0.1, 0.15) is 42.1 Å². The van der Waals surface area contributed by atoms with E-state index < -0.39 is 24.2 Å². The Bertz CT molecular complexity index is 728. The van der Waals surface area contributed by atoms with E-state index in [2.05, 4.69) is 27.0 Å². The Kier molecular flexibility index (Phi) is 4.33. The van der Waals surface area contributed by atoms with Crippen molar-refractivity contribution in [2.45, 2.75) is 37.8 Å². The molecule has 1 amide bonds. The van der Waals surface area contributed by atoms with Crippen LogP contribution in [0.5, 0.6) is 0 Å². The van der Waals surface area contributed by atoms with Gasteiger partial charge in [0.05, 0.1) is 12.6 Å². The molecule has 3 rings (SSSR count). The van der Waals surface area contributed by atoms with E-state index in [0.717, 1.165) is 35.8 Å². The van der Waals surface area contributed by atoms with E-state index in [1.54, 1.807) is 6.07 Å². The van der Waals surface area contributed by atoms with Crippen LogP contribution in [0, 0.1) is 6.42 Å². The molecule has 2 heterocycles. The van der Waals surface area contributed by atoms with Gasteiger partial charge in [0.1, 0.15) is 5.69 Å². The van der Waals surface area contributed by atoms with Crippen molar-refractivity contribution in [3.63, 3.8) is 0 Å². The maximum absolute atomic E-state index is 13.0.